The Morgan fingerprint density at radius 1 is 1.24 bits per heavy atom. The molecule has 1 aliphatic carbocycles. The smallest absolute Gasteiger partial charge is 0.225 e. The molecule has 3 nitrogen and oxygen atoms in total. The van der Waals surface area contributed by atoms with E-state index in [1.165, 1.54) is 6.07 Å². The average molecular weight is 284 g/mol. The molecular formula is C17H17FN2O. The quantitative estimate of drug-likeness (QED) is 0.868. The molecule has 1 amide bonds. The molecule has 2 atom stereocenters. The number of carbonyl (C=O) groups is 1. The van der Waals surface area contributed by atoms with Crippen LogP contribution >= 0.6 is 0 Å². The molecule has 0 N–H and O–H groups in total. The van der Waals surface area contributed by atoms with E-state index in [9.17, 15) is 9.18 Å². The molecule has 1 fully saturated rings. The van der Waals surface area contributed by atoms with Crippen molar-refractivity contribution in [3.05, 3.63) is 54.0 Å². The summed E-state index contributed by atoms with van der Waals surface area (Å²) >= 11 is 0. The maximum Gasteiger partial charge on any atom is 0.225 e. The average Bonchev–Trinajstić information content (AvgIpc) is 3.27. The van der Waals surface area contributed by atoms with Crippen LogP contribution in [0.4, 0.5) is 4.39 Å². The third-order valence-electron chi connectivity index (χ3n) is 3.91. The van der Waals surface area contributed by atoms with E-state index in [0.717, 1.165) is 12.0 Å². The molecule has 21 heavy (non-hydrogen) atoms. The molecule has 1 aliphatic rings. The highest BCUT2D eigenvalue weighted by Crippen LogP contribution is 2.48. The van der Waals surface area contributed by atoms with Crippen molar-refractivity contribution in [1.29, 1.82) is 0 Å². The van der Waals surface area contributed by atoms with Gasteiger partial charge in [0.1, 0.15) is 5.82 Å². The maximum atomic E-state index is 13.7. The first-order valence-electron chi connectivity index (χ1n) is 7.00. The molecule has 0 bridgehead atoms. The Balaban J connectivity index is 1.77. The van der Waals surface area contributed by atoms with Crippen LogP contribution in [0.2, 0.25) is 0 Å². The summed E-state index contributed by atoms with van der Waals surface area (Å²) in [7, 11) is 3.55. The van der Waals surface area contributed by atoms with Gasteiger partial charge in [-0.2, -0.15) is 0 Å². The van der Waals surface area contributed by atoms with E-state index >= 15 is 0 Å². The van der Waals surface area contributed by atoms with E-state index in [-0.39, 0.29) is 23.6 Å². The minimum Gasteiger partial charge on any atom is -0.349 e. The highest BCUT2D eigenvalue weighted by molar-refractivity contribution is 5.82. The summed E-state index contributed by atoms with van der Waals surface area (Å²) in [5.41, 5.74) is 2.17. The van der Waals surface area contributed by atoms with Crippen molar-refractivity contribution in [1.82, 2.24) is 9.88 Å². The Labute approximate surface area is 123 Å². The molecule has 0 saturated heterocycles. The van der Waals surface area contributed by atoms with E-state index in [4.69, 9.17) is 0 Å². The Kier molecular flexibility index (Phi) is 3.45. The Morgan fingerprint density at radius 3 is 2.62 bits per heavy atom. The van der Waals surface area contributed by atoms with Crippen molar-refractivity contribution in [2.45, 2.75) is 12.3 Å². The number of halogens is 1. The lowest BCUT2D eigenvalue weighted by atomic mass is 10.1. The molecule has 0 spiro atoms. The summed E-state index contributed by atoms with van der Waals surface area (Å²) in [6, 6.07) is 10.4. The van der Waals surface area contributed by atoms with Crippen LogP contribution in [0.3, 0.4) is 0 Å². The highest BCUT2D eigenvalue weighted by Gasteiger charge is 2.44. The van der Waals surface area contributed by atoms with Gasteiger partial charge >= 0.3 is 0 Å². The van der Waals surface area contributed by atoms with Crippen LogP contribution in [0, 0.1) is 11.7 Å². The molecule has 1 aromatic heterocycles. The van der Waals surface area contributed by atoms with Crippen molar-refractivity contribution in [3.8, 4) is 11.3 Å². The van der Waals surface area contributed by atoms with Gasteiger partial charge < -0.3 is 4.90 Å². The minimum absolute atomic E-state index is 0.0705. The minimum atomic E-state index is -0.273. The van der Waals surface area contributed by atoms with E-state index in [0.29, 0.717) is 11.3 Å². The number of amides is 1. The van der Waals surface area contributed by atoms with Gasteiger partial charge in [-0.15, -0.1) is 0 Å². The SMILES string of the molecule is CN(C)C(=O)[C@@H]1C[C@H]1c1ccc(-c2ccccc2F)nc1. The van der Waals surface area contributed by atoms with Gasteiger partial charge in [-0.1, -0.05) is 18.2 Å². The Hall–Kier alpha value is -2.23. The van der Waals surface area contributed by atoms with Gasteiger partial charge in [-0.05, 0) is 36.1 Å². The van der Waals surface area contributed by atoms with Crippen LogP contribution < -0.4 is 0 Å². The predicted octanol–water partition coefficient (Wildman–Crippen LogP) is 3.08. The van der Waals surface area contributed by atoms with Crippen LogP contribution in [-0.4, -0.2) is 29.9 Å². The predicted molar refractivity (Wildman–Crippen MR) is 79.2 cm³/mol. The molecule has 2 aromatic rings. The van der Waals surface area contributed by atoms with Crippen LogP contribution in [0.5, 0.6) is 0 Å². The largest absolute Gasteiger partial charge is 0.349 e. The normalized spacial score (nSPS) is 20.1. The molecule has 4 heteroatoms. The molecule has 1 saturated carbocycles. The summed E-state index contributed by atoms with van der Waals surface area (Å²) < 4.78 is 13.7. The molecular weight excluding hydrogens is 267 g/mol. The first-order chi connectivity index (χ1) is 10.1. The number of rotatable bonds is 3. The molecule has 1 aromatic carbocycles. The van der Waals surface area contributed by atoms with E-state index in [1.807, 2.05) is 12.1 Å². The highest BCUT2D eigenvalue weighted by atomic mass is 19.1. The number of pyridine rings is 1. The van der Waals surface area contributed by atoms with Crippen molar-refractivity contribution >= 4 is 5.91 Å². The first kappa shape index (κ1) is 13.7. The number of aromatic nitrogens is 1. The first-order valence-corrected chi connectivity index (χ1v) is 7.00. The van der Waals surface area contributed by atoms with Gasteiger partial charge in [0.05, 0.1) is 5.69 Å². The van der Waals surface area contributed by atoms with Crippen LogP contribution in [-0.2, 0) is 4.79 Å². The fraction of sp³-hybridized carbons (Fsp3) is 0.294. The second-order valence-corrected chi connectivity index (χ2v) is 5.64. The standard InChI is InChI=1S/C17H17FN2O/c1-20(2)17(21)14-9-13(14)11-7-8-16(19-10-11)12-5-3-4-6-15(12)18/h3-8,10,13-14H,9H2,1-2H3/t13-,14+/m0/s1. The lowest BCUT2D eigenvalue weighted by molar-refractivity contribution is -0.130. The number of hydrogen-bond donors (Lipinski definition) is 0. The molecule has 0 unspecified atom stereocenters. The van der Waals surface area contributed by atoms with Crippen molar-refractivity contribution in [2.24, 2.45) is 5.92 Å². The third kappa shape index (κ3) is 2.66. The second kappa shape index (κ2) is 5.28. The summed E-state index contributed by atoms with van der Waals surface area (Å²) in [6.07, 6.45) is 2.63. The number of carbonyl (C=O) groups excluding carboxylic acids is 1. The monoisotopic (exact) mass is 284 g/mol. The topological polar surface area (TPSA) is 33.2 Å². The lowest BCUT2D eigenvalue weighted by Crippen LogP contribution is -2.23. The van der Waals surface area contributed by atoms with Gasteiger partial charge in [0, 0.05) is 31.8 Å². The number of hydrogen-bond acceptors (Lipinski definition) is 2. The number of nitrogens with zero attached hydrogens (tertiary/aromatic N) is 2. The third-order valence-corrected chi connectivity index (χ3v) is 3.91. The second-order valence-electron chi connectivity index (χ2n) is 5.64. The molecule has 3 rings (SSSR count). The van der Waals surface area contributed by atoms with Gasteiger partial charge in [0.2, 0.25) is 5.91 Å². The summed E-state index contributed by atoms with van der Waals surface area (Å²) in [4.78, 5) is 17.9. The number of benzene rings is 1. The zero-order valence-corrected chi connectivity index (χ0v) is 12.1. The summed E-state index contributed by atoms with van der Waals surface area (Å²) in [6.45, 7) is 0. The lowest BCUT2D eigenvalue weighted by Gasteiger charge is -2.09. The fourth-order valence-electron chi connectivity index (χ4n) is 2.62. The van der Waals surface area contributed by atoms with Crippen molar-refractivity contribution < 1.29 is 9.18 Å². The van der Waals surface area contributed by atoms with Gasteiger partial charge in [0.25, 0.3) is 0 Å². The summed E-state index contributed by atoms with van der Waals surface area (Å²) in [5.74, 6) is 0.214. The molecule has 0 radical (unpaired) electrons. The zero-order chi connectivity index (χ0) is 15.0. The van der Waals surface area contributed by atoms with Crippen LogP contribution in [0.15, 0.2) is 42.6 Å². The molecule has 0 aliphatic heterocycles. The van der Waals surface area contributed by atoms with E-state index < -0.39 is 0 Å². The van der Waals surface area contributed by atoms with Gasteiger partial charge in [-0.3, -0.25) is 9.78 Å². The zero-order valence-electron chi connectivity index (χ0n) is 12.1. The Morgan fingerprint density at radius 2 is 2.00 bits per heavy atom. The van der Waals surface area contributed by atoms with E-state index in [1.54, 1.807) is 43.4 Å². The Bertz CT molecular complexity index is 667. The fourth-order valence-corrected chi connectivity index (χ4v) is 2.62. The molecule has 108 valence electrons. The summed E-state index contributed by atoms with van der Waals surface area (Å²) in [5, 5.41) is 0. The van der Waals surface area contributed by atoms with Gasteiger partial charge in [-0.25, -0.2) is 4.39 Å². The van der Waals surface area contributed by atoms with Crippen LogP contribution in [0.1, 0.15) is 17.9 Å². The van der Waals surface area contributed by atoms with Gasteiger partial charge in [0.15, 0.2) is 0 Å². The van der Waals surface area contributed by atoms with E-state index in [2.05, 4.69) is 4.98 Å². The maximum absolute atomic E-state index is 13.7. The van der Waals surface area contributed by atoms with Crippen molar-refractivity contribution in [3.63, 3.8) is 0 Å². The molecule has 1 heterocycles. The van der Waals surface area contributed by atoms with Crippen molar-refractivity contribution in [2.75, 3.05) is 14.1 Å². The van der Waals surface area contributed by atoms with Crippen LogP contribution in [0.25, 0.3) is 11.3 Å².